The van der Waals surface area contributed by atoms with E-state index in [2.05, 4.69) is 13.6 Å². The van der Waals surface area contributed by atoms with Crippen LogP contribution >= 0.6 is 0 Å². The van der Waals surface area contributed by atoms with Gasteiger partial charge in [0.15, 0.2) is 17.1 Å². The summed E-state index contributed by atoms with van der Waals surface area (Å²) in [5.41, 5.74) is -6.03. The Kier molecular flexibility index (Phi) is 2.69. The number of pyridine rings is 1. The summed E-state index contributed by atoms with van der Waals surface area (Å²) in [5.74, 6) is -1.74. The number of rotatable bonds is 2. The number of fused-ring (bicyclic) bond motifs is 1. The Labute approximate surface area is 97.1 Å². The quantitative estimate of drug-likeness (QED) is 0.480. The maximum absolute atomic E-state index is 13.1. The van der Waals surface area contributed by atoms with E-state index < -0.39 is 32.8 Å². The highest BCUT2D eigenvalue weighted by atomic mass is 32.2. The van der Waals surface area contributed by atoms with Crippen molar-refractivity contribution in [2.45, 2.75) is 5.51 Å². The van der Waals surface area contributed by atoms with Crippen molar-refractivity contribution in [2.75, 3.05) is 0 Å². The van der Waals surface area contributed by atoms with Crippen LogP contribution in [-0.4, -0.2) is 18.9 Å². The van der Waals surface area contributed by atoms with Crippen molar-refractivity contribution in [1.82, 2.24) is 4.98 Å². The molecule has 2 aromatic heterocycles. The molecule has 18 heavy (non-hydrogen) atoms. The third-order valence-corrected chi connectivity index (χ3v) is 2.85. The fourth-order valence-electron chi connectivity index (χ4n) is 1.12. The average molecular weight is 285 g/mol. The minimum Gasteiger partial charge on any atom is -0.457 e. The van der Waals surface area contributed by atoms with Crippen molar-refractivity contribution in [2.24, 2.45) is 0 Å². The molecule has 0 aliphatic carbocycles. The molecule has 2 aromatic rings. The van der Waals surface area contributed by atoms with Gasteiger partial charge in [0.2, 0.25) is 0 Å². The summed E-state index contributed by atoms with van der Waals surface area (Å²) in [5, 5.41) is -0.317. The lowest BCUT2D eigenvalue weighted by molar-refractivity contribution is -0.0499. The molecule has 0 aliphatic rings. The average Bonchev–Trinajstić information content (AvgIpc) is 2.61. The predicted molar refractivity (Wildman–Crippen MR) is 49.6 cm³/mol. The maximum atomic E-state index is 13.1. The van der Waals surface area contributed by atoms with Gasteiger partial charge in [0, 0.05) is 6.20 Å². The second kappa shape index (κ2) is 3.83. The van der Waals surface area contributed by atoms with Crippen LogP contribution in [-0.2, 0) is 10.1 Å². The molecule has 0 amide bonds. The number of alkyl halides is 3. The molecule has 98 valence electrons. The van der Waals surface area contributed by atoms with Crippen LogP contribution in [0.15, 0.2) is 23.1 Å². The molecule has 0 aliphatic heterocycles. The van der Waals surface area contributed by atoms with E-state index in [4.69, 9.17) is 0 Å². The van der Waals surface area contributed by atoms with Crippen molar-refractivity contribution in [3.63, 3.8) is 0 Å². The van der Waals surface area contributed by atoms with Crippen molar-refractivity contribution >= 4 is 21.1 Å². The summed E-state index contributed by atoms with van der Waals surface area (Å²) < 4.78 is 79.2. The summed E-state index contributed by atoms with van der Waals surface area (Å²) in [4.78, 5) is 3.35. The number of furan rings is 1. The molecule has 5 nitrogen and oxygen atoms in total. The van der Waals surface area contributed by atoms with E-state index in [-0.39, 0.29) is 5.39 Å². The Hall–Kier alpha value is -1.84. The van der Waals surface area contributed by atoms with Gasteiger partial charge in [-0.05, 0) is 0 Å². The van der Waals surface area contributed by atoms with Crippen LogP contribution < -0.4 is 4.18 Å². The maximum Gasteiger partial charge on any atom is 0.534 e. The summed E-state index contributed by atoms with van der Waals surface area (Å²) in [6.07, 6.45) is 2.23. The van der Waals surface area contributed by atoms with E-state index in [0.29, 0.717) is 6.26 Å². The molecule has 0 radical (unpaired) electrons. The molecule has 0 fully saturated rings. The van der Waals surface area contributed by atoms with Crippen LogP contribution in [0.1, 0.15) is 0 Å². The van der Waals surface area contributed by atoms with Gasteiger partial charge in [-0.25, -0.2) is 4.39 Å². The molecule has 2 heterocycles. The van der Waals surface area contributed by atoms with Gasteiger partial charge in [0.1, 0.15) is 6.26 Å². The minimum atomic E-state index is -5.84. The zero-order valence-electron chi connectivity index (χ0n) is 8.23. The molecule has 0 saturated heterocycles. The number of hydrogen-bond donors (Lipinski definition) is 0. The fourth-order valence-corrected chi connectivity index (χ4v) is 1.58. The zero-order valence-corrected chi connectivity index (χ0v) is 9.05. The second-order valence-electron chi connectivity index (χ2n) is 3.08. The van der Waals surface area contributed by atoms with E-state index in [1.165, 1.54) is 0 Å². The predicted octanol–water partition coefficient (Wildman–Crippen LogP) is 2.20. The van der Waals surface area contributed by atoms with Gasteiger partial charge in [-0.3, -0.25) is 4.98 Å². The van der Waals surface area contributed by atoms with Gasteiger partial charge < -0.3 is 8.60 Å². The molecule has 0 aromatic carbocycles. The van der Waals surface area contributed by atoms with Gasteiger partial charge in [-0.2, -0.15) is 21.6 Å². The summed E-state index contributed by atoms with van der Waals surface area (Å²) in [6, 6.07) is 0. The van der Waals surface area contributed by atoms with Crippen LogP contribution in [0.25, 0.3) is 11.0 Å². The highest BCUT2D eigenvalue weighted by molar-refractivity contribution is 7.88. The first-order valence-corrected chi connectivity index (χ1v) is 5.64. The molecular formula is C8H3F4NO4S. The van der Waals surface area contributed by atoms with Gasteiger partial charge in [0.25, 0.3) is 0 Å². The van der Waals surface area contributed by atoms with Crippen molar-refractivity contribution in [3.05, 3.63) is 24.5 Å². The molecule has 0 unspecified atom stereocenters. The van der Waals surface area contributed by atoms with Gasteiger partial charge in [-0.1, -0.05) is 0 Å². The minimum absolute atomic E-state index is 0.317. The van der Waals surface area contributed by atoms with Crippen LogP contribution in [0.4, 0.5) is 17.6 Å². The molecule has 0 N–H and O–H groups in total. The van der Waals surface area contributed by atoms with Gasteiger partial charge in [0.05, 0.1) is 11.6 Å². The lowest BCUT2D eigenvalue weighted by atomic mass is 10.3. The topological polar surface area (TPSA) is 69.4 Å². The number of nitrogens with zero attached hydrogens (tertiary/aromatic N) is 1. The fraction of sp³-hybridized carbons (Fsp3) is 0.125. The Morgan fingerprint density at radius 2 is 1.94 bits per heavy atom. The first-order valence-electron chi connectivity index (χ1n) is 4.24. The summed E-state index contributed by atoms with van der Waals surface area (Å²) >= 11 is 0. The first kappa shape index (κ1) is 12.6. The highest BCUT2D eigenvalue weighted by Crippen LogP contribution is 2.33. The normalized spacial score (nSPS) is 12.9. The monoisotopic (exact) mass is 285 g/mol. The third-order valence-electron chi connectivity index (χ3n) is 1.89. The number of aromatic nitrogens is 1. The number of halogens is 4. The molecule has 0 atom stereocenters. The Morgan fingerprint density at radius 1 is 1.28 bits per heavy atom. The van der Waals surface area contributed by atoms with E-state index >= 15 is 0 Å². The molecule has 0 bridgehead atoms. The van der Waals surface area contributed by atoms with E-state index in [0.717, 1.165) is 12.4 Å². The summed E-state index contributed by atoms with van der Waals surface area (Å²) in [6.45, 7) is 0. The lowest BCUT2D eigenvalue weighted by Gasteiger charge is -2.07. The molecule has 10 heteroatoms. The largest absolute Gasteiger partial charge is 0.534 e. The second-order valence-corrected chi connectivity index (χ2v) is 4.62. The lowest BCUT2D eigenvalue weighted by Crippen LogP contribution is -2.27. The number of hydrogen-bond acceptors (Lipinski definition) is 5. The van der Waals surface area contributed by atoms with Gasteiger partial charge in [-0.15, -0.1) is 0 Å². The molecule has 0 spiro atoms. The van der Waals surface area contributed by atoms with Gasteiger partial charge >= 0.3 is 15.6 Å². The SMILES string of the molecule is O=S(=O)(Oc1coc2c(F)cncc12)C(F)(F)F. The van der Waals surface area contributed by atoms with Crippen LogP contribution in [0, 0.1) is 5.82 Å². The Balaban J connectivity index is 2.49. The van der Waals surface area contributed by atoms with Crippen molar-refractivity contribution < 1.29 is 34.6 Å². The highest BCUT2D eigenvalue weighted by Gasteiger charge is 2.49. The standard InChI is InChI=1S/C8H3F4NO4S/c9-5-2-13-1-4-6(3-16-7(4)5)17-18(14,15)8(10,11)12/h1-3H. The Bertz CT molecular complexity index is 691. The molecule has 0 saturated carbocycles. The smallest absolute Gasteiger partial charge is 0.457 e. The van der Waals surface area contributed by atoms with Crippen LogP contribution in [0.2, 0.25) is 0 Å². The molecule has 2 rings (SSSR count). The van der Waals surface area contributed by atoms with Crippen LogP contribution in [0.5, 0.6) is 5.75 Å². The first-order chi connectivity index (χ1) is 8.22. The zero-order chi connectivity index (χ0) is 13.6. The van der Waals surface area contributed by atoms with Crippen molar-refractivity contribution in [1.29, 1.82) is 0 Å². The van der Waals surface area contributed by atoms with E-state index in [9.17, 15) is 26.0 Å². The molecular weight excluding hydrogens is 282 g/mol. The van der Waals surface area contributed by atoms with Crippen molar-refractivity contribution in [3.8, 4) is 5.75 Å². The van der Waals surface area contributed by atoms with E-state index in [1.54, 1.807) is 0 Å². The Morgan fingerprint density at radius 3 is 2.56 bits per heavy atom. The van der Waals surface area contributed by atoms with Crippen LogP contribution in [0.3, 0.4) is 0 Å². The summed E-state index contributed by atoms with van der Waals surface area (Å²) in [7, 11) is -5.84. The van der Waals surface area contributed by atoms with E-state index in [1.807, 2.05) is 0 Å². The third kappa shape index (κ3) is 1.98.